The molecule has 3 aromatic rings. The van der Waals surface area contributed by atoms with Gasteiger partial charge in [-0.05, 0) is 35.7 Å². The van der Waals surface area contributed by atoms with Gasteiger partial charge in [0.05, 0.1) is 0 Å². The zero-order valence-electron chi connectivity index (χ0n) is 13.0. The number of para-hydroxylation sites is 1. The van der Waals surface area contributed by atoms with Gasteiger partial charge < -0.3 is 14.5 Å². The molecule has 1 aromatic heterocycles. The second-order valence-corrected chi connectivity index (χ2v) is 5.58. The molecule has 22 heavy (non-hydrogen) atoms. The highest BCUT2D eigenvalue weighted by atomic mass is 16.5. The molecular weight excluding hydrogens is 274 g/mol. The molecule has 1 N–H and O–H groups in total. The maximum atomic E-state index is 5.88. The third-order valence-electron chi connectivity index (χ3n) is 3.69. The van der Waals surface area contributed by atoms with Crippen LogP contribution in [-0.2, 0) is 0 Å². The fraction of sp³-hybridized carbons (Fsp3) is 0.263. The summed E-state index contributed by atoms with van der Waals surface area (Å²) in [7, 11) is 0. The second kappa shape index (κ2) is 6.56. The minimum absolute atomic E-state index is 0.450. The molecule has 0 aliphatic rings. The minimum atomic E-state index is 0.450. The van der Waals surface area contributed by atoms with Crippen LogP contribution < -0.4 is 9.47 Å². The number of benzene rings is 2. The Morgan fingerprint density at radius 3 is 2.41 bits per heavy atom. The largest absolute Gasteiger partial charge is 0.490 e. The molecule has 3 nitrogen and oxygen atoms in total. The summed E-state index contributed by atoms with van der Waals surface area (Å²) in [4.78, 5) is 3.18. The summed E-state index contributed by atoms with van der Waals surface area (Å²) in [5.74, 6) is 2.28. The molecule has 0 fully saturated rings. The first kappa shape index (κ1) is 14.5. The summed E-state index contributed by atoms with van der Waals surface area (Å²) in [5, 5.41) is 1.10. The van der Waals surface area contributed by atoms with E-state index in [0.29, 0.717) is 19.1 Å². The molecule has 1 heterocycles. The van der Waals surface area contributed by atoms with Crippen molar-refractivity contribution in [2.75, 3.05) is 13.2 Å². The number of ether oxygens (including phenoxy) is 2. The number of fused-ring (bicyclic) bond motifs is 1. The third-order valence-corrected chi connectivity index (χ3v) is 3.69. The van der Waals surface area contributed by atoms with Crippen LogP contribution in [0.25, 0.3) is 10.9 Å². The van der Waals surface area contributed by atoms with Gasteiger partial charge >= 0.3 is 0 Å². The standard InChI is InChI=1S/C19H21NO2/c1-14(2)15-6-3-4-8-18(15)21-12-13-22-19-9-5-7-17-16(19)10-11-20-17/h3-11,14,20H,12-13H2,1-2H3. The molecule has 2 aromatic carbocycles. The molecule has 114 valence electrons. The first-order chi connectivity index (χ1) is 10.8. The first-order valence-corrected chi connectivity index (χ1v) is 7.66. The average molecular weight is 295 g/mol. The van der Waals surface area contributed by atoms with E-state index in [1.807, 2.05) is 48.7 Å². The molecule has 0 saturated heterocycles. The summed E-state index contributed by atoms with van der Waals surface area (Å²) >= 11 is 0. The molecule has 0 radical (unpaired) electrons. The van der Waals surface area contributed by atoms with Gasteiger partial charge in [0.2, 0.25) is 0 Å². The van der Waals surface area contributed by atoms with Crippen LogP contribution >= 0.6 is 0 Å². The van der Waals surface area contributed by atoms with Crippen molar-refractivity contribution >= 4 is 10.9 Å². The summed E-state index contributed by atoms with van der Waals surface area (Å²) in [5.41, 5.74) is 2.32. The van der Waals surface area contributed by atoms with Crippen LogP contribution in [0.4, 0.5) is 0 Å². The Morgan fingerprint density at radius 2 is 1.59 bits per heavy atom. The monoisotopic (exact) mass is 295 g/mol. The van der Waals surface area contributed by atoms with Crippen molar-refractivity contribution in [3.8, 4) is 11.5 Å². The molecule has 0 saturated carbocycles. The van der Waals surface area contributed by atoms with Gasteiger partial charge in [0.1, 0.15) is 24.7 Å². The number of hydrogen-bond donors (Lipinski definition) is 1. The lowest BCUT2D eigenvalue weighted by Crippen LogP contribution is -2.10. The van der Waals surface area contributed by atoms with E-state index >= 15 is 0 Å². The molecule has 0 bridgehead atoms. The van der Waals surface area contributed by atoms with Gasteiger partial charge in [-0.1, -0.05) is 38.1 Å². The first-order valence-electron chi connectivity index (χ1n) is 7.66. The molecule has 0 unspecified atom stereocenters. The summed E-state index contributed by atoms with van der Waals surface area (Å²) < 4.78 is 11.7. The van der Waals surface area contributed by atoms with Crippen LogP contribution in [0.15, 0.2) is 54.7 Å². The highest BCUT2D eigenvalue weighted by Gasteiger charge is 2.07. The zero-order valence-corrected chi connectivity index (χ0v) is 13.0. The van der Waals surface area contributed by atoms with Crippen LogP contribution in [0, 0.1) is 0 Å². The van der Waals surface area contributed by atoms with E-state index < -0.39 is 0 Å². The lowest BCUT2D eigenvalue weighted by molar-refractivity contribution is 0.217. The minimum Gasteiger partial charge on any atom is -0.490 e. The number of aromatic nitrogens is 1. The molecule has 3 rings (SSSR count). The smallest absolute Gasteiger partial charge is 0.128 e. The highest BCUT2D eigenvalue weighted by molar-refractivity contribution is 5.85. The molecule has 0 atom stereocenters. The molecule has 0 amide bonds. The Morgan fingerprint density at radius 1 is 0.864 bits per heavy atom. The lowest BCUT2D eigenvalue weighted by atomic mass is 10.0. The van der Waals surface area contributed by atoms with E-state index in [4.69, 9.17) is 9.47 Å². The van der Waals surface area contributed by atoms with Crippen molar-refractivity contribution in [1.82, 2.24) is 4.98 Å². The van der Waals surface area contributed by atoms with Crippen LogP contribution in [0.2, 0.25) is 0 Å². The quantitative estimate of drug-likeness (QED) is 0.666. The Bertz CT molecular complexity index is 746. The normalized spacial score (nSPS) is 11.0. The van der Waals surface area contributed by atoms with Gasteiger partial charge in [-0.15, -0.1) is 0 Å². The predicted octanol–water partition coefficient (Wildman–Crippen LogP) is 4.75. The summed E-state index contributed by atoms with van der Waals surface area (Å²) in [6.45, 7) is 5.40. The van der Waals surface area contributed by atoms with E-state index in [2.05, 4.69) is 24.9 Å². The third kappa shape index (κ3) is 3.08. The van der Waals surface area contributed by atoms with E-state index in [0.717, 1.165) is 22.4 Å². The molecule has 0 aliphatic heterocycles. The fourth-order valence-corrected chi connectivity index (χ4v) is 2.57. The maximum Gasteiger partial charge on any atom is 0.128 e. The Kier molecular flexibility index (Phi) is 4.33. The van der Waals surface area contributed by atoms with Crippen molar-refractivity contribution in [3.05, 3.63) is 60.3 Å². The van der Waals surface area contributed by atoms with Crippen molar-refractivity contribution < 1.29 is 9.47 Å². The van der Waals surface area contributed by atoms with Gasteiger partial charge in [-0.3, -0.25) is 0 Å². The number of H-pyrrole nitrogens is 1. The molecular formula is C19H21NO2. The van der Waals surface area contributed by atoms with Crippen molar-refractivity contribution in [3.63, 3.8) is 0 Å². The van der Waals surface area contributed by atoms with E-state index in [9.17, 15) is 0 Å². The van der Waals surface area contributed by atoms with Gasteiger partial charge in [-0.25, -0.2) is 0 Å². The lowest BCUT2D eigenvalue weighted by Gasteiger charge is -2.14. The van der Waals surface area contributed by atoms with Gasteiger partial charge in [-0.2, -0.15) is 0 Å². The number of aromatic amines is 1. The molecule has 0 spiro atoms. The van der Waals surface area contributed by atoms with Gasteiger partial charge in [0.25, 0.3) is 0 Å². The molecule has 3 heteroatoms. The summed E-state index contributed by atoms with van der Waals surface area (Å²) in [6, 6.07) is 16.2. The van der Waals surface area contributed by atoms with Crippen molar-refractivity contribution in [1.29, 1.82) is 0 Å². The topological polar surface area (TPSA) is 34.2 Å². The van der Waals surface area contributed by atoms with Crippen molar-refractivity contribution in [2.45, 2.75) is 19.8 Å². The van der Waals surface area contributed by atoms with E-state index in [1.165, 1.54) is 5.56 Å². The Balaban J connectivity index is 1.59. The second-order valence-electron chi connectivity index (χ2n) is 5.58. The number of hydrogen-bond acceptors (Lipinski definition) is 2. The van der Waals surface area contributed by atoms with Gasteiger partial charge in [0.15, 0.2) is 0 Å². The SMILES string of the molecule is CC(C)c1ccccc1OCCOc1cccc2[nH]ccc12. The van der Waals surface area contributed by atoms with Crippen LogP contribution in [0.3, 0.4) is 0 Å². The number of nitrogens with one attached hydrogen (secondary N) is 1. The number of rotatable bonds is 6. The van der Waals surface area contributed by atoms with Crippen LogP contribution in [-0.4, -0.2) is 18.2 Å². The predicted molar refractivity (Wildman–Crippen MR) is 89.8 cm³/mol. The van der Waals surface area contributed by atoms with Crippen LogP contribution in [0.5, 0.6) is 11.5 Å². The van der Waals surface area contributed by atoms with Crippen molar-refractivity contribution in [2.24, 2.45) is 0 Å². The fourth-order valence-electron chi connectivity index (χ4n) is 2.57. The average Bonchev–Trinajstić information content (AvgIpc) is 3.01. The van der Waals surface area contributed by atoms with Crippen LogP contribution in [0.1, 0.15) is 25.3 Å². The Labute approximate surface area is 130 Å². The Hall–Kier alpha value is -2.42. The summed E-state index contributed by atoms with van der Waals surface area (Å²) in [6.07, 6.45) is 1.92. The zero-order chi connectivity index (χ0) is 15.4. The highest BCUT2D eigenvalue weighted by Crippen LogP contribution is 2.26. The van der Waals surface area contributed by atoms with E-state index in [-0.39, 0.29) is 0 Å². The van der Waals surface area contributed by atoms with E-state index in [1.54, 1.807) is 0 Å². The maximum absolute atomic E-state index is 5.88. The molecule has 0 aliphatic carbocycles. The van der Waals surface area contributed by atoms with Gasteiger partial charge in [0, 0.05) is 17.1 Å².